The lowest BCUT2D eigenvalue weighted by Crippen LogP contribution is -2.68. The smallest absolute Gasteiger partial charge is 0.338 e. The summed E-state index contributed by atoms with van der Waals surface area (Å²) >= 11 is 0. The standard InChI is InChI=1S/C77H136O15Si5/c1-32-36-61-68(88-72(80)54-37-34-33-35-38-54)70(91-96(28,29)76(14,15)16)71(92-97(30,31)77(17,18)19)69(87-61)62(90-95(26,27)75(11,12)13)43-40-55(78)39-41-56-46-52(3)60(84-56)44-42-57-45-51(2)53(4)63(85-57)49-64-59(48-66(79)81-20)67(82-21)65(86-64)47-58(89-94(24,25)74(8,9)10)50-83-93(22,23)73(5,6)7/h32-35,37-38,40,43,51,56-65,67-71H,1,3-4,36,39,41-42,44-50H2,2,5-31H3/b43-40+/t51-,56+,57+,58+,59+,60+,61+,62+,63-,64+,65-,67-,68+,69+,70+,71-/m1/s1. The van der Waals surface area contributed by atoms with E-state index < -0.39 is 90.3 Å². The van der Waals surface area contributed by atoms with Gasteiger partial charge >= 0.3 is 11.9 Å². The third-order valence-corrected chi connectivity index (χ3v) is 46.2. The number of carbonyl (C=O) groups is 3. The summed E-state index contributed by atoms with van der Waals surface area (Å²) in [4.78, 5) is 41.9. The fourth-order valence-electron chi connectivity index (χ4n) is 12.2. The average molecular weight is 1440 g/mol. The molecule has 0 N–H and O–H groups in total. The molecular formula is C77H136O15Si5. The minimum absolute atomic E-state index is 0.0220. The van der Waals surface area contributed by atoms with E-state index in [-0.39, 0.29) is 104 Å². The fourth-order valence-corrected chi connectivity index (χ4v) is 18.4. The number of methoxy groups -OCH3 is 2. The molecule has 16 atom stereocenters. The Balaban J connectivity index is 1.36. The highest BCUT2D eigenvalue weighted by Gasteiger charge is 2.58. The molecule has 4 aliphatic heterocycles. The van der Waals surface area contributed by atoms with Crippen molar-refractivity contribution in [3.8, 4) is 0 Å². The molecule has 0 aromatic heterocycles. The zero-order chi connectivity index (χ0) is 73.6. The largest absolute Gasteiger partial charge is 0.469 e. The normalized spacial score (nSPS) is 28.5. The van der Waals surface area contributed by atoms with Crippen LogP contribution in [0.15, 0.2) is 79.4 Å². The third kappa shape index (κ3) is 22.5. The zero-order valence-electron chi connectivity index (χ0n) is 65.9. The van der Waals surface area contributed by atoms with E-state index in [0.29, 0.717) is 44.3 Å². The Kier molecular flexibility index (Phi) is 29.4. The number of allylic oxidation sites excluding steroid dienone is 1. The molecule has 15 nitrogen and oxygen atoms in total. The number of ketones is 1. The van der Waals surface area contributed by atoms with Gasteiger partial charge in [0.1, 0.15) is 24.4 Å². The number of hydrogen-bond acceptors (Lipinski definition) is 15. The Morgan fingerprint density at radius 2 is 1.16 bits per heavy atom. The van der Waals surface area contributed by atoms with Gasteiger partial charge in [0.2, 0.25) is 0 Å². The summed E-state index contributed by atoms with van der Waals surface area (Å²) in [6.45, 7) is 71.7. The van der Waals surface area contributed by atoms with Crippen molar-refractivity contribution in [1.82, 2.24) is 0 Å². The molecule has 1 aromatic carbocycles. The van der Waals surface area contributed by atoms with Crippen LogP contribution in [-0.4, -0.2) is 166 Å². The first kappa shape index (κ1) is 85.1. The Bertz CT molecular complexity index is 2800. The monoisotopic (exact) mass is 1440 g/mol. The highest BCUT2D eigenvalue weighted by molar-refractivity contribution is 6.76. The summed E-state index contributed by atoms with van der Waals surface area (Å²) in [6.07, 6.45) is 3.94. The van der Waals surface area contributed by atoms with Crippen LogP contribution in [-0.2, 0) is 64.9 Å². The van der Waals surface area contributed by atoms with Gasteiger partial charge in [0.25, 0.3) is 0 Å². The van der Waals surface area contributed by atoms with Gasteiger partial charge in [0, 0.05) is 32.3 Å². The molecule has 20 heteroatoms. The van der Waals surface area contributed by atoms with Gasteiger partial charge in [-0.2, -0.15) is 0 Å². The second-order valence-electron chi connectivity index (χ2n) is 36.3. The molecule has 554 valence electrons. The van der Waals surface area contributed by atoms with E-state index in [0.717, 1.165) is 30.4 Å². The van der Waals surface area contributed by atoms with E-state index in [1.807, 2.05) is 24.3 Å². The van der Waals surface area contributed by atoms with Crippen LogP contribution in [0.25, 0.3) is 0 Å². The quantitative estimate of drug-likeness (QED) is 0.0298. The van der Waals surface area contributed by atoms with E-state index in [1.54, 1.807) is 31.4 Å². The molecule has 1 aromatic rings. The van der Waals surface area contributed by atoms with Crippen LogP contribution < -0.4 is 0 Å². The molecule has 0 radical (unpaired) electrons. The summed E-state index contributed by atoms with van der Waals surface area (Å²) in [5.41, 5.74) is 2.47. The fraction of sp³-hybridized carbons (Fsp3) is 0.779. The lowest BCUT2D eigenvalue weighted by atomic mass is 9.82. The van der Waals surface area contributed by atoms with Crippen LogP contribution in [0.5, 0.6) is 0 Å². The molecule has 0 unspecified atom stereocenters. The van der Waals surface area contributed by atoms with Gasteiger partial charge in [-0.25, -0.2) is 4.79 Å². The highest BCUT2D eigenvalue weighted by Crippen LogP contribution is 2.49. The number of rotatable bonds is 31. The van der Waals surface area contributed by atoms with Gasteiger partial charge in [-0.05, 0) is 164 Å². The molecule has 0 amide bonds. The Hall–Kier alpha value is -2.53. The molecule has 4 aliphatic rings. The number of carbonyl (C=O) groups excluding carboxylic acids is 3. The zero-order valence-corrected chi connectivity index (χ0v) is 70.9. The third-order valence-electron chi connectivity index (χ3n) is 23.8. The van der Waals surface area contributed by atoms with Crippen LogP contribution >= 0.6 is 0 Å². The molecule has 0 spiro atoms. The lowest BCUT2D eigenvalue weighted by molar-refractivity contribution is -0.227. The lowest BCUT2D eigenvalue weighted by Gasteiger charge is -2.54. The topological polar surface area (TPSA) is 162 Å². The van der Waals surface area contributed by atoms with Crippen LogP contribution in [0, 0.1) is 11.8 Å². The van der Waals surface area contributed by atoms with E-state index >= 15 is 0 Å². The molecule has 0 aliphatic carbocycles. The summed E-state index contributed by atoms with van der Waals surface area (Å²) in [7, 11) is -9.17. The number of benzene rings is 1. The van der Waals surface area contributed by atoms with Gasteiger partial charge in [0.15, 0.2) is 53.5 Å². The Morgan fingerprint density at radius 3 is 1.70 bits per heavy atom. The van der Waals surface area contributed by atoms with Crippen molar-refractivity contribution in [3.05, 3.63) is 85.0 Å². The molecule has 0 bridgehead atoms. The summed E-state index contributed by atoms with van der Waals surface area (Å²) in [5.74, 6) is -0.943. The van der Waals surface area contributed by atoms with Crippen molar-refractivity contribution >= 4 is 59.3 Å². The summed E-state index contributed by atoms with van der Waals surface area (Å²) < 4.78 is 83.2. The Labute approximate surface area is 594 Å². The molecule has 97 heavy (non-hydrogen) atoms. The maximum atomic E-state index is 14.5. The summed E-state index contributed by atoms with van der Waals surface area (Å²) in [6, 6.07) is 9.04. The number of ether oxygens (including phenoxy) is 7. The summed E-state index contributed by atoms with van der Waals surface area (Å²) in [5, 5.41) is -0.642. The van der Waals surface area contributed by atoms with Crippen LogP contribution in [0.2, 0.25) is 90.7 Å². The van der Waals surface area contributed by atoms with Crippen molar-refractivity contribution in [2.24, 2.45) is 11.8 Å². The second-order valence-corrected chi connectivity index (χ2v) is 60.2. The predicted molar refractivity (Wildman–Crippen MR) is 406 cm³/mol. The molecule has 4 saturated heterocycles. The van der Waals surface area contributed by atoms with Crippen LogP contribution in [0.1, 0.15) is 185 Å². The maximum Gasteiger partial charge on any atom is 0.338 e. The number of hydrogen-bond donors (Lipinski definition) is 0. The van der Waals surface area contributed by atoms with Gasteiger partial charge in [-0.1, -0.05) is 154 Å². The molecule has 0 saturated carbocycles. The first-order chi connectivity index (χ1) is 44.3. The van der Waals surface area contributed by atoms with Crippen molar-refractivity contribution < 1.29 is 69.7 Å². The first-order valence-corrected chi connectivity index (χ1v) is 50.9. The molecular weight excluding hydrogens is 1310 g/mol. The van der Waals surface area contributed by atoms with E-state index in [4.69, 9.17) is 55.3 Å². The minimum atomic E-state index is -2.66. The van der Waals surface area contributed by atoms with Gasteiger partial charge in [-0.15, -0.1) is 6.58 Å². The highest BCUT2D eigenvalue weighted by atomic mass is 28.4. The molecule has 4 fully saturated rings. The van der Waals surface area contributed by atoms with Crippen LogP contribution in [0.4, 0.5) is 0 Å². The second kappa shape index (κ2) is 33.5. The van der Waals surface area contributed by atoms with E-state index in [9.17, 15) is 14.4 Å². The SMILES string of the molecule is C=CC[C@@H]1O[C@@H]([C@H](/C=C/C(=O)CC[C@H]2CC(=C)[C@H](CC[C@H]3C[C@@H](C)C(=C)[C@@H](C[C@@H]4O[C@H](C[C@@H](CO[Si](C)(C)C(C)(C)C)O[Si](C)(C)C(C)(C)C)[C@H](OC)[C@H]4CC(=O)OC)O3)O2)O[Si](C)(C)C(C)(C)C)[C@@H](O[Si](C)(C)C(C)(C)C)[C@@H](O[Si](C)(C)C(C)(C)C)[C@H]1OC(=O)c1ccccc1. The van der Waals surface area contributed by atoms with Crippen LogP contribution in [0.3, 0.4) is 0 Å². The Morgan fingerprint density at radius 1 is 0.619 bits per heavy atom. The predicted octanol–water partition coefficient (Wildman–Crippen LogP) is 18.6. The van der Waals surface area contributed by atoms with Gasteiger partial charge in [-0.3, -0.25) is 9.59 Å². The molecule has 4 heterocycles. The molecule has 5 rings (SSSR count). The van der Waals surface area contributed by atoms with Crippen molar-refractivity contribution in [3.63, 3.8) is 0 Å². The maximum absolute atomic E-state index is 14.5. The van der Waals surface area contributed by atoms with E-state index in [2.05, 4.69) is 196 Å². The average Bonchev–Trinajstić information content (AvgIpc) is 1.13. The van der Waals surface area contributed by atoms with Gasteiger partial charge < -0.3 is 55.3 Å². The van der Waals surface area contributed by atoms with Gasteiger partial charge in [0.05, 0.1) is 80.6 Å². The number of esters is 2. The first-order valence-electron chi connectivity index (χ1n) is 36.3. The van der Waals surface area contributed by atoms with Crippen molar-refractivity contribution in [2.75, 3.05) is 20.8 Å². The van der Waals surface area contributed by atoms with Crippen molar-refractivity contribution in [2.45, 2.75) is 351 Å². The minimum Gasteiger partial charge on any atom is -0.469 e. The van der Waals surface area contributed by atoms with Crippen molar-refractivity contribution in [1.29, 1.82) is 0 Å². The van der Waals surface area contributed by atoms with E-state index in [1.165, 1.54) is 7.11 Å².